The summed E-state index contributed by atoms with van der Waals surface area (Å²) in [6.07, 6.45) is -0.106. The number of aryl methyl sites for hydroxylation is 1. The average molecular weight is 1040 g/mol. The van der Waals surface area contributed by atoms with Gasteiger partial charge in [-0.2, -0.15) is 69.1 Å². The molecule has 31 heteroatoms. The zero-order valence-electron chi connectivity index (χ0n) is 34.6. The highest BCUT2D eigenvalue weighted by molar-refractivity contribution is 7.94. The molecule has 6 rings (SSSR count). The third kappa shape index (κ3) is 15.1. The molecule has 0 radical (unpaired) electrons. The number of nitrogens with one attached hydrogen (secondary N) is 3. The van der Waals surface area contributed by atoms with Gasteiger partial charge in [-0.05, 0) is 85.6 Å². The Morgan fingerprint density at radius 3 is 1.97 bits per heavy atom. The molecule has 0 saturated heterocycles. The lowest BCUT2D eigenvalue weighted by Gasteiger charge is -2.15. The van der Waals surface area contributed by atoms with Crippen LogP contribution in [0.25, 0.3) is 10.8 Å². The summed E-state index contributed by atoms with van der Waals surface area (Å²) in [7, 11) is -18.4. The van der Waals surface area contributed by atoms with Crippen molar-refractivity contribution < 1.29 is 71.2 Å². The molecule has 1 heterocycles. The smallest absolute Gasteiger partial charge is 0.295 e. The van der Waals surface area contributed by atoms with Gasteiger partial charge >= 0.3 is 0 Å². The highest BCUT2D eigenvalue weighted by atomic mass is 32.2. The Morgan fingerprint density at radius 1 is 0.632 bits per heavy atom. The maximum absolute atomic E-state index is 12.3. The van der Waals surface area contributed by atoms with E-state index in [4.69, 9.17) is 9.99 Å². The molecule has 0 amide bonds. The van der Waals surface area contributed by atoms with E-state index in [1.165, 1.54) is 48.5 Å². The molecule has 26 nitrogen and oxygen atoms in total. The van der Waals surface area contributed by atoms with Crippen molar-refractivity contribution >= 4 is 115 Å². The molecule has 1 aromatic heterocycles. The summed E-state index contributed by atoms with van der Waals surface area (Å²) >= 11 is 0.713. The topological polar surface area (TPSA) is 390 Å². The maximum Gasteiger partial charge on any atom is 0.295 e. The van der Waals surface area contributed by atoms with E-state index in [-0.39, 0.29) is 76.7 Å². The standard InChI is InChI=1S/C37H36N10O16S5/c1-22-17-23(9-11-30(22)47-46-26-19-29-28(34(21-26)68(58,59)60)7-3-8-33(29)67(55,56)57)39-36-41-35(38-13-16-66(52,53)54)42-37(43-36)40-31-12-10-25(20-32(31)61-14-4-15-65(49,50)51)45-44-24-5-2-6-27(18-24)64-63-62-48/h2-3,5-12,17-21,48H,4,13-16H2,1H3,(H,49,50,51)(H,52,53,54)(H,55,56,57)(H,58,59,60)(H3,38,39,40,41,42,43). The largest absolute Gasteiger partial charge is 0.491 e. The summed E-state index contributed by atoms with van der Waals surface area (Å²) < 4.78 is 143. The molecule has 0 unspecified atom stereocenters. The van der Waals surface area contributed by atoms with Crippen LogP contribution < -0.4 is 20.7 Å². The summed E-state index contributed by atoms with van der Waals surface area (Å²) in [5.74, 6) is -1.61. The first kappa shape index (κ1) is 51.0. The highest BCUT2D eigenvalue weighted by Gasteiger charge is 2.22. The molecule has 360 valence electrons. The summed E-state index contributed by atoms with van der Waals surface area (Å²) in [6.45, 7) is 1.13. The van der Waals surface area contributed by atoms with Gasteiger partial charge in [0.1, 0.15) is 15.5 Å². The lowest BCUT2D eigenvalue weighted by Crippen LogP contribution is -2.17. The van der Waals surface area contributed by atoms with Gasteiger partial charge in [-0.1, -0.05) is 23.2 Å². The molecule has 0 atom stereocenters. The minimum absolute atomic E-state index is 0.0996. The molecule has 0 fully saturated rings. The van der Waals surface area contributed by atoms with Crippen molar-refractivity contribution in [2.45, 2.75) is 28.0 Å². The highest BCUT2D eigenvalue weighted by Crippen LogP contribution is 2.36. The lowest BCUT2D eigenvalue weighted by molar-refractivity contribution is -0.432. The van der Waals surface area contributed by atoms with Crippen LogP contribution in [0.15, 0.2) is 126 Å². The molecule has 8 N–H and O–H groups in total. The Balaban J connectivity index is 1.29. The van der Waals surface area contributed by atoms with Crippen LogP contribution in [-0.4, -0.2) is 96.7 Å². The van der Waals surface area contributed by atoms with Crippen molar-refractivity contribution in [3.63, 3.8) is 0 Å². The summed E-state index contributed by atoms with van der Waals surface area (Å²) in [5.41, 5.74) is 1.79. The van der Waals surface area contributed by atoms with Crippen molar-refractivity contribution in [2.75, 3.05) is 40.6 Å². The summed E-state index contributed by atoms with van der Waals surface area (Å²) in [6, 6.07) is 21.3. The van der Waals surface area contributed by atoms with Crippen LogP contribution in [0.1, 0.15) is 12.0 Å². The Labute approximate surface area is 391 Å². The van der Waals surface area contributed by atoms with Gasteiger partial charge < -0.3 is 20.7 Å². The second-order valence-corrected chi connectivity index (χ2v) is 20.5. The van der Waals surface area contributed by atoms with Crippen molar-refractivity contribution in [3.8, 4) is 5.75 Å². The van der Waals surface area contributed by atoms with Gasteiger partial charge in [0.05, 0.1) is 58.6 Å². The Bertz CT molecular complexity index is 3370. The molecule has 0 saturated carbocycles. The van der Waals surface area contributed by atoms with E-state index in [1.54, 1.807) is 37.3 Å². The van der Waals surface area contributed by atoms with Gasteiger partial charge in [-0.3, -0.25) is 18.2 Å². The minimum atomic E-state index is -4.90. The molecule has 0 bridgehead atoms. The fraction of sp³-hybridized carbons (Fsp3) is 0.162. The molecular weight excluding hydrogens is 1000 g/mol. The van der Waals surface area contributed by atoms with E-state index < -0.39 is 61.8 Å². The number of aromatic nitrogens is 3. The van der Waals surface area contributed by atoms with Crippen LogP contribution >= 0.6 is 12.0 Å². The second kappa shape index (κ2) is 21.7. The lowest BCUT2D eigenvalue weighted by atomic mass is 10.1. The zero-order valence-corrected chi connectivity index (χ0v) is 38.7. The number of fused-ring (bicyclic) bond motifs is 1. The van der Waals surface area contributed by atoms with Gasteiger partial charge in [0.2, 0.25) is 17.8 Å². The first-order valence-electron chi connectivity index (χ1n) is 18.9. The van der Waals surface area contributed by atoms with Crippen molar-refractivity contribution in [3.05, 3.63) is 96.6 Å². The Hall–Kier alpha value is -6.36. The molecule has 6 aromatic rings. The van der Waals surface area contributed by atoms with Gasteiger partial charge in [-0.15, -0.1) is 4.33 Å². The molecular formula is C37H36N10O16S5. The van der Waals surface area contributed by atoms with Crippen molar-refractivity contribution in [1.82, 2.24) is 15.0 Å². The van der Waals surface area contributed by atoms with Gasteiger partial charge in [0.15, 0.2) is 0 Å². The van der Waals surface area contributed by atoms with Gasteiger partial charge in [0.25, 0.3) is 40.5 Å². The van der Waals surface area contributed by atoms with E-state index >= 15 is 0 Å². The first-order valence-corrected chi connectivity index (χ1v) is 25.8. The number of anilines is 5. The normalized spacial score (nSPS) is 12.5. The fourth-order valence-corrected chi connectivity index (χ4v) is 8.54. The molecule has 68 heavy (non-hydrogen) atoms. The number of benzene rings is 5. The van der Waals surface area contributed by atoms with Crippen LogP contribution in [0, 0.1) is 6.92 Å². The molecule has 0 spiro atoms. The van der Waals surface area contributed by atoms with E-state index in [9.17, 15) is 51.9 Å². The van der Waals surface area contributed by atoms with E-state index in [0.717, 1.165) is 12.1 Å². The third-order valence-electron chi connectivity index (χ3n) is 8.74. The third-order valence-corrected chi connectivity index (χ3v) is 12.6. The van der Waals surface area contributed by atoms with E-state index in [0.29, 0.717) is 33.9 Å². The Kier molecular flexibility index (Phi) is 16.3. The number of rotatable bonds is 22. The Morgan fingerprint density at radius 2 is 1.29 bits per heavy atom. The minimum Gasteiger partial charge on any atom is -0.491 e. The number of nitrogens with zero attached hydrogens (tertiary/aromatic N) is 7. The van der Waals surface area contributed by atoms with Gasteiger partial charge in [0, 0.05) is 34.0 Å². The second-order valence-electron chi connectivity index (χ2n) is 13.8. The predicted octanol–water partition coefficient (Wildman–Crippen LogP) is 7.53. The number of hydrogen-bond donors (Lipinski definition) is 8. The summed E-state index contributed by atoms with van der Waals surface area (Å²) in [5, 5.41) is 36.9. The summed E-state index contributed by atoms with van der Waals surface area (Å²) in [4.78, 5) is 12.2. The predicted molar refractivity (Wildman–Crippen MR) is 244 cm³/mol. The van der Waals surface area contributed by atoms with E-state index in [1.807, 2.05) is 0 Å². The van der Waals surface area contributed by atoms with Crippen molar-refractivity contribution in [1.29, 1.82) is 0 Å². The fourth-order valence-electron chi connectivity index (χ4n) is 5.86. The molecule has 5 aromatic carbocycles. The monoisotopic (exact) mass is 1040 g/mol. The van der Waals surface area contributed by atoms with Crippen molar-refractivity contribution in [2.24, 2.45) is 20.5 Å². The number of azo groups is 2. The SMILES string of the molecule is Cc1cc(Nc2nc(NCCS(=O)(=O)O)nc(Nc3ccc(N=Nc4cccc(SOOO)c4)cc3OCCCS(=O)(=O)O)n2)ccc1N=Nc1cc(S(=O)(=O)O)c2cccc(S(=O)(=O)O)c2c1. The van der Waals surface area contributed by atoms with Gasteiger partial charge in [-0.25, -0.2) is 5.26 Å². The van der Waals surface area contributed by atoms with Crippen LogP contribution in [0.5, 0.6) is 5.75 Å². The first-order chi connectivity index (χ1) is 32.0. The molecule has 0 aliphatic heterocycles. The van der Waals surface area contributed by atoms with Crippen LogP contribution in [-0.2, 0) is 49.8 Å². The quantitative estimate of drug-likeness (QED) is 0.00813. The number of hydrogen-bond acceptors (Lipinski definition) is 23. The number of ether oxygens (including phenoxy) is 1. The maximum atomic E-state index is 12.3. The molecule has 0 aliphatic rings. The molecule has 0 aliphatic carbocycles. The van der Waals surface area contributed by atoms with Crippen LogP contribution in [0.4, 0.5) is 52.0 Å². The average Bonchev–Trinajstić information content (AvgIpc) is 3.25. The van der Waals surface area contributed by atoms with E-state index in [2.05, 4.69) is 60.7 Å². The zero-order chi connectivity index (χ0) is 49.3. The van der Waals surface area contributed by atoms with Crippen LogP contribution in [0.3, 0.4) is 0 Å². The van der Waals surface area contributed by atoms with Crippen LogP contribution in [0.2, 0.25) is 0 Å².